The number of halogens is 7. The zero-order valence-electron chi connectivity index (χ0n) is 11.8. The van der Waals surface area contributed by atoms with Crippen LogP contribution in [0, 0.1) is 0 Å². The molecule has 1 aromatic rings. The van der Waals surface area contributed by atoms with Crippen LogP contribution >= 0.6 is 50.7 Å². The first-order valence-corrected chi connectivity index (χ1v) is 7.75. The van der Waals surface area contributed by atoms with E-state index in [9.17, 15) is 27.6 Å². The lowest BCUT2D eigenvalue weighted by Crippen LogP contribution is -2.41. The highest BCUT2D eigenvalue weighted by Crippen LogP contribution is 2.35. The molecule has 2 N–H and O–H groups in total. The summed E-state index contributed by atoms with van der Waals surface area (Å²) in [6, 6.07) is -0.531. The molecule has 0 aliphatic carbocycles. The number of carbonyl (C=O) groups is 3. The number of ether oxygens (including phenoxy) is 1. The second-order valence-electron chi connectivity index (χ2n) is 4.11. The molecule has 0 spiro atoms. The summed E-state index contributed by atoms with van der Waals surface area (Å²) >= 11 is 18.4. The van der Waals surface area contributed by atoms with Crippen molar-refractivity contribution in [2.45, 2.75) is 9.97 Å². The Labute approximate surface area is 161 Å². The van der Waals surface area contributed by atoms with Crippen molar-refractivity contribution in [3.8, 4) is 0 Å². The molecular weight excluding hydrogens is 481 g/mol. The van der Waals surface area contributed by atoms with Crippen LogP contribution in [0.5, 0.6) is 0 Å². The maximum absolute atomic E-state index is 12.9. The molecule has 1 rings (SSSR count). The SMILES string of the molecule is COC(=O)c1nc(C(F)(F)F)c(Br)cc1NC(=O)NC(=O)C(Cl)(Cl)Cl. The fourth-order valence-corrected chi connectivity index (χ4v) is 2.05. The van der Waals surface area contributed by atoms with E-state index in [2.05, 4.69) is 25.7 Å². The van der Waals surface area contributed by atoms with Gasteiger partial charge in [0.2, 0.25) is 0 Å². The van der Waals surface area contributed by atoms with E-state index in [1.165, 1.54) is 0 Å². The summed E-state index contributed by atoms with van der Waals surface area (Å²) in [5.41, 5.74) is -2.76. The van der Waals surface area contributed by atoms with Gasteiger partial charge in [0.05, 0.1) is 17.3 Å². The molecule has 1 heterocycles. The number of esters is 1. The molecule has 0 aliphatic heterocycles. The molecule has 138 valence electrons. The van der Waals surface area contributed by atoms with Crippen LogP contribution in [0.25, 0.3) is 0 Å². The minimum absolute atomic E-state index is 0.485. The Kier molecular flexibility index (Phi) is 6.90. The van der Waals surface area contributed by atoms with Crippen LogP contribution in [0.1, 0.15) is 16.2 Å². The van der Waals surface area contributed by atoms with E-state index >= 15 is 0 Å². The topological polar surface area (TPSA) is 97.4 Å². The normalized spacial score (nSPS) is 11.7. The first-order chi connectivity index (χ1) is 11.3. The lowest BCUT2D eigenvalue weighted by Gasteiger charge is -2.15. The molecule has 0 bridgehead atoms. The van der Waals surface area contributed by atoms with Crippen LogP contribution in [0.3, 0.4) is 0 Å². The molecule has 0 saturated carbocycles. The third-order valence-corrected chi connectivity index (χ3v) is 3.48. The number of pyridine rings is 1. The molecule has 3 amide bonds. The number of nitrogens with zero attached hydrogens (tertiary/aromatic N) is 1. The van der Waals surface area contributed by atoms with E-state index in [1.54, 1.807) is 5.32 Å². The molecule has 0 unspecified atom stereocenters. The van der Waals surface area contributed by atoms with Gasteiger partial charge in [0.15, 0.2) is 11.4 Å². The van der Waals surface area contributed by atoms with Gasteiger partial charge in [-0.15, -0.1) is 0 Å². The lowest BCUT2D eigenvalue weighted by atomic mass is 10.2. The van der Waals surface area contributed by atoms with Gasteiger partial charge in [-0.05, 0) is 22.0 Å². The number of rotatable bonds is 2. The van der Waals surface area contributed by atoms with E-state index in [1.807, 2.05) is 5.32 Å². The second kappa shape index (κ2) is 7.94. The van der Waals surface area contributed by atoms with Gasteiger partial charge < -0.3 is 10.1 Å². The minimum Gasteiger partial charge on any atom is -0.464 e. The number of hydrogen-bond acceptors (Lipinski definition) is 5. The molecular formula is C11H6BrCl3F3N3O4. The van der Waals surface area contributed by atoms with Gasteiger partial charge in [0.25, 0.3) is 9.70 Å². The summed E-state index contributed by atoms with van der Waals surface area (Å²) in [6.07, 6.45) is -4.88. The van der Waals surface area contributed by atoms with Crippen LogP contribution in [0.15, 0.2) is 10.5 Å². The molecule has 25 heavy (non-hydrogen) atoms. The number of alkyl halides is 6. The van der Waals surface area contributed by atoms with Crippen molar-refractivity contribution < 1.29 is 32.3 Å². The summed E-state index contributed by atoms with van der Waals surface area (Å²) in [6.45, 7) is 0. The van der Waals surface area contributed by atoms with E-state index in [-0.39, 0.29) is 0 Å². The van der Waals surface area contributed by atoms with Crippen LogP contribution in [0.4, 0.5) is 23.7 Å². The minimum atomic E-state index is -4.88. The number of urea groups is 1. The monoisotopic (exact) mass is 485 g/mol. The van der Waals surface area contributed by atoms with Crippen LogP contribution < -0.4 is 10.6 Å². The first-order valence-electron chi connectivity index (χ1n) is 5.82. The fraction of sp³-hybridized carbons (Fsp3) is 0.273. The van der Waals surface area contributed by atoms with Crippen molar-refractivity contribution in [1.82, 2.24) is 10.3 Å². The zero-order chi connectivity index (χ0) is 19.6. The highest BCUT2D eigenvalue weighted by molar-refractivity contribution is 9.10. The maximum atomic E-state index is 12.9. The van der Waals surface area contributed by atoms with Crippen molar-refractivity contribution in [3.05, 3.63) is 21.9 Å². The van der Waals surface area contributed by atoms with Gasteiger partial charge >= 0.3 is 18.2 Å². The Morgan fingerprint density at radius 3 is 2.24 bits per heavy atom. The molecule has 0 aliphatic rings. The smallest absolute Gasteiger partial charge is 0.434 e. The van der Waals surface area contributed by atoms with E-state index < -0.39 is 49.4 Å². The van der Waals surface area contributed by atoms with Crippen molar-refractivity contribution in [1.29, 1.82) is 0 Å². The number of anilines is 1. The predicted molar refractivity (Wildman–Crippen MR) is 85.7 cm³/mol. The van der Waals surface area contributed by atoms with Gasteiger partial charge in [-0.1, -0.05) is 34.8 Å². The molecule has 1 aromatic heterocycles. The largest absolute Gasteiger partial charge is 0.464 e. The fourth-order valence-electron chi connectivity index (χ4n) is 1.36. The van der Waals surface area contributed by atoms with Crippen LogP contribution in [0.2, 0.25) is 0 Å². The Balaban J connectivity index is 3.22. The van der Waals surface area contributed by atoms with Crippen LogP contribution in [-0.4, -0.2) is 33.8 Å². The maximum Gasteiger partial charge on any atom is 0.434 e. The van der Waals surface area contributed by atoms with Gasteiger partial charge in [-0.2, -0.15) is 13.2 Å². The van der Waals surface area contributed by atoms with Gasteiger partial charge in [-0.25, -0.2) is 14.6 Å². The van der Waals surface area contributed by atoms with E-state index in [4.69, 9.17) is 34.8 Å². The number of nitrogens with one attached hydrogen (secondary N) is 2. The van der Waals surface area contributed by atoms with Crippen LogP contribution in [-0.2, 0) is 15.7 Å². The Bertz CT molecular complexity index is 725. The van der Waals surface area contributed by atoms with Crippen molar-refractivity contribution in [3.63, 3.8) is 0 Å². The number of methoxy groups -OCH3 is 1. The third kappa shape index (κ3) is 5.87. The van der Waals surface area contributed by atoms with Crippen molar-refractivity contribution in [2.24, 2.45) is 0 Å². The average molecular weight is 487 g/mol. The Hall–Kier alpha value is -1.30. The Morgan fingerprint density at radius 1 is 1.24 bits per heavy atom. The zero-order valence-corrected chi connectivity index (χ0v) is 15.7. The third-order valence-electron chi connectivity index (χ3n) is 2.36. The highest BCUT2D eigenvalue weighted by atomic mass is 79.9. The number of amides is 3. The summed E-state index contributed by atoms with van der Waals surface area (Å²) < 4.78 is 39.9. The standard InChI is InChI=1S/C11H6BrCl3F3N3O4/c1-25-7(22)5-4(2-3(12)6(20-5)11(16,17)18)19-9(24)21-8(23)10(13,14)15/h2H,1H3,(H2,19,21,23,24). The highest BCUT2D eigenvalue weighted by Gasteiger charge is 2.37. The summed E-state index contributed by atoms with van der Waals surface area (Å²) in [7, 11) is 0.898. The molecule has 0 atom stereocenters. The molecule has 0 radical (unpaired) electrons. The summed E-state index contributed by atoms with van der Waals surface area (Å²) in [5.74, 6) is -2.59. The molecule has 7 nitrogen and oxygen atoms in total. The van der Waals surface area contributed by atoms with Gasteiger partial charge in [0.1, 0.15) is 0 Å². The Morgan fingerprint density at radius 2 is 1.80 bits per heavy atom. The van der Waals surface area contributed by atoms with Crippen molar-refractivity contribution in [2.75, 3.05) is 12.4 Å². The predicted octanol–water partition coefficient (Wildman–Crippen LogP) is 3.67. The second-order valence-corrected chi connectivity index (χ2v) is 7.25. The number of aromatic nitrogens is 1. The molecule has 14 heteroatoms. The summed E-state index contributed by atoms with van der Waals surface area (Å²) in [4.78, 5) is 37.8. The summed E-state index contributed by atoms with van der Waals surface area (Å²) in [5, 5.41) is 3.56. The lowest BCUT2D eigenvalue weighted by molar-refractivity contribution is -0.141. The van der Waals surface area contributed by atoms with Gasteiger partial charge in [-0.3, -0.25) is 10.1 Å². The number of carbonyl (C=O) groups excluding carboxylic acids is 3. The number of imide groups is 1. The number of hydrogen-bond donors (Lipinski definition) is 2. The quantitative estimate of drug-likeness (QED) is 0.490. The van der Waals surface area contributed by atoms with E-state index in [0.29, 0.717) is 0 Å². The van der Waals surface area contributed by atoms with E-state index in [0.717, 1.165) is 13.2 Å². The molecule has 0 aromatic carbocycles. The average Bonchev–Trinajstić information content (AvgIpc) is 2.44. The van der Waals surface area contributed by atoms with Crippen molar-refractivity contribution >= 4 is 74.3 Å². The van der Waals surface area contributed by atoms with Gasteiger partial charge in [0, 0.05) is 0 Å². The molecule has 0 fully saturated rings. The molecule has 0 saturated heterocycles. The first kappa shape index (κ1) is 21.7.